The fourth-order valence-corrected chi connectivity index (χ4v) is 3.77. The number of rotatable bonds is 6. The molecule has 0 saturated heterocycles. The molecule has 1 aliphatic carbocycles. The van der Waals surface area contributed by atoms with E-state index in [0.29, 0.717) is 11.6 Å². The van der Waals surface area contributed by atoms with E-state index in [1.165, 1.54) is 18.5 Å². The van der Waals surface area contributed by atoms with Crippen molar-refractivity contribution in [2.45, 2.75) is 52.0 Å². The number of unbranched alkanes of at least 4 members (excludes halogenated alkanes) is 1. The third-order valence-electron chi connectivity index (χ3n) is 4.12. The number of primary amides is 1. The molecule has 0 atom stereocenters. The molecule has 21 heavy (non-hydrogen) atoms. The van der Waals surface area contributed by atoms with E-state index in [4.69, 9.17) is 5.73 Å². The lowest BCUT2D eigenvalue weighted by atomic mass is 10.1. The van der Waals surface area contributed by atoms with E-state index in [1.54, 1.807) is 17.5 Å². The molecule has 3 rings (SSSR count). The van der Waals surface area contributed by atoms with Gasteiger partial charge in [-0.15, -0.1) is 11.3 Å². The van der Waals surface area contributed by atoms with Gasteiger partial charge in [-0.2, -0.15) is 0 Å². The first-order chi connectivity index (χ1) is 10.1. The predicted molar refractivity (Wildman–Crippen MR) is 85.7 cm³/mol. The van der Waals surface area contributed by atoms with E-state index in [2.05, 4.69) is 16.5 Å². The summed E-state index contributed by atoms with van der Waals surface area (Å²) in [6.45, 7) is 4.21. The number of carbonyl (C=O) groups is 1. The number of thiazole rings is 1. The molecule has 1 aliphatic rings. The molecule has 2 heterocycles. The molecule has 5 heteroatoms. The van der Waals surface area contributed by atoms with Gasteiger partial charge >= 0.3 is 0 Å². The van der Waals surface area contributed by atoms with Gasteiger partial charge in [-0.25, -0.2) is 4.98 Å². The Bertz CT molecular complexity index is 654. The zero-order valence-corrected chi connectivity index (χ0v) is 13.4. The van der Waals surface area contributed by atoms with Gasteiger partial charge in [0.25, 0.3) is 5.91 Å². The predicted octanol–water partition coefficient (Wildman–Crippen LogP) is 3.70. The first-order valence-corrected chi connectivity index (χ1v) is 8.46. The van der Waals surface area contributed by atoms with Gasteiger partial charge in [0, 0.05) is 34.6 Å². The number of hydrogen-bond donors (Lipinski definition) is 1. The zero-order valence-electron chi connectivity index (χ0n) is 12.6. The normalized spacial score (nSPS) is 14.6. The van der Waals surface area contributed by atoms with Gasteiger partial charge < -0.3 is 10.3 Å². The number of hydrogen-bond acceptors (Lipinski definition) is 3. The lowest BCUT2D eigenvalue weighted by Crippen LogP contribution is -2.13. The van der Waals surface area contributed by atoms with Crippen LogP contribution in [-0.2, 0) is 6.42 Å². The molecule has 1 fully saturated rings. The van der Waals surface area contributed by atoms with Crippen LogP contribution in [0, 0.1) is 6.92 Å². The summed E-state index contributed by atoms with van der Waals surface area (Å²) in [4.78, 5) is 16.4. The fraction of sp³-hybridized carbons (Fsp3) is 0.500. The molecule has 0 aliphatic heterocycles. The Hall–Kier alpha value is -1.62. The number of nitrogens with zero attached hydrogens (tertiary/aromatic N) is 2. The number of carbonyl (C=O) groups excluding carboxylic acids is 1. The molecular formula is C16H21N3OS. The third-order valence-corrected chi connectivity index (χ3v) is 4.91. The van der Waals surface area contributed by atoms with Crippen molar-refractivity contribution in [3.8, 4) is 10.6 Å². The fourth-order valence-electron chi connectivity index (χ4n) is 3.06. The summed E-state index contributed by atoms with van der Waals surface area (Å²) < 4.78 is 2.35. The summed E-state index contributed by atoms with van der Waals surface area (Å²) in [5.74, 6) is -0.338. The smallest absolute Gasteiger partial charge is 0.251 e. The van der Waals surface area contributed by atoms with E-state index in [-0.39, 0.29) is 5.91 Å². The third kappa shape index (κ3) is 2.50. The Morgan fingerprint density at radius 1 is 1.52 bits per heavy atom. The highest BCUT2D eigenvalue weighted by Crippen LogP contribution is 2.43. The van der Waals surface area contributed by atoms with Gasteiger partial charge in [-0.1, -0.05) is 13.3 Å². The average Bonchev–Trinajstić information content (AvgIpc) is 3.04. The second kappa shape index (κ2) is 5.64. The zero-order chi connectivity index (χ0) is 15.0. The molecule has 2 aromatic heterocycles. The van der Waals surface area contributed by atoms with E-state index in [1.807, 2.05) is 12.3 Å². The molecule has 2 N–H and O–H groups in total. The molecule has 0 spiro atoms. The van der Waals surface area contributed by atoms with Crippen LogP contribution in [0.25, 0.3) is 10.6 Å². The van der Waals surface area contributed by atoms with Gasteiger partial charge in [0.2, 0.25) is 0 Å². The maximum absolute atomic E-state index is 12.0. The Kier molecular flexibility index (Phi) is 3.85. The molecule has 2 aromatic rings. The Balaban J connectivity index is 2.22. The monoisotopic (exact) mass is 303 g/mol. The molecule has 112 valence electrons. The van der Waals surface area contributed by atoms with E-state index in [0.717, 1.165) is 35.5 Å². The maximum atomic E-state index is 12.0. The second-order valence-corrected chi connectivity index (χ2v) is 6.58. The SMILES string of the molecule is CCCCc1c(-c2nccs2)c(C(N)=O)c(C)n1C1CC1. The molecule has 0 unspecified atom stereocenters. The van der Waals surface area contributed by atoms with Crippen LogP contribution in [-0.4, -0.2) is 15.5 Å². The first-order valence-electron chi connectivity index (χ1n) is 7.58. The lowest BCUT2D eigenvalue weighted by Gasteiger charge is -2.11. The molecular weight excluding hydrogens is 282 g/mol. The molecule has 0 radical (unpaired) electrons. The van der Waals surface area contributed by atoms with Crippen LogP contribution in [0.1, 0.15) is 60.4 Å². The van der Waals surface area contributed by atoms with E-state index < -0.39 is 0 Å². The summed E-state index contributed by atoms with van der Waals surface area (Å²) >= 11 is 1.58. The highest BCUT2D eigenvalue weighted by Gasteiger charge is 2.33. The quantitative estimate of drug-likeness (QED) is 0.884. The van der Waals surface area contributed by atoms with Crippen molar-refractivity contribution in [1.82, 2.24) is 9.55 Å². The average molecular weight is 303 g/mol. The minimum absolute atomic E-state index is 0.338. The van der Waals surface area contributed by atoms with Gasteiger partial charge in [0.1, 0.15) is 5.01 Å². The Labute approximate surface area is 129 Å². The Morgan fingerprint density at radius 3 is 2.81 bits per heavy atom. The van der Waals surface area contributed by atoms with Crippen molar-refractivity contribution >= 4 is 17.2 Å². The van der Waals surface area contributed by atoms with Gasteiger partial charge in [-0.3, -0.25) is 4.79 Å². The Morgan fingerprint density at radius 2 is 2.29 bits per heavy atom. The number of aromatic nitrogens is 2. The second-order valence-electron chi connectivity index (χ2n) is 5.69. The molecule has 0 aromatic carbocycles. The summed E-state index contributed by atoms with van der Waals surface area (Å²) in [6.07, 6.45) is 7.42. The summed E-state index contributed by atoms with van der Waals surface area (Å²) in [6, 6.07) is 0.545. The van der Waals surface area contributed by atoms with Crippen molar-refractivity contribution in [2.24, 2.45) is 5.73 Å². The molecule has 4 nitrogen and oxygen atoms in total. The van der Waals surface area contributed by atoms with Gasteiger partial charge in [0.15, 0.2) is 0 Å². The van der Waals surface area contributed by atoms with Crippen LogP contribution in [0.2, 0.25) is 0 Å². The highest BCUT2D eigenvalue weighted by atomic mass is 32.1. The van der Waals surface area contributed by atoms with Crippen molar-refractivity contribution in [2.75, 3.05) is 0 Å². The van der Waals surface area contributed by atoms with Crippen molar-refractivity contribution < 1.29 is 4.79 Å². The van der Waals surface area contributed by atoms with Crippen molar-refractivity contribution in [1.29, 1.82) is 0 Å². The van der Waals surface area contributed by atoms with E-state index >= 15 is 0 Å². The maximum Gasteiger partial charge on any atom is 0.251 e. The van der Waals surface area contributed by atoms with Crippen LogP contribution in [0.3, 0.4) is 0 Å². The van der Waals surface area contributed by atoms with Crippen LogP contribution in [0.4, 0.5) is 0 Å². The van der Waals surface area contributed by atoms with Crippen LogP contribution in [0.5, 0.6) is 0 Å². The highest BCUT2D eigenvalue weighted by molar-refractivity contribution is 7.13. The van der Waals surface area contributed by atoms with Crippen LogP contribution in [0.15, 0.2) is 11.6 Å². The molecule has 1 amide bonds. The number of amides is 1. The standard InChI is InChI=1S/C16H21N3OS/c1-3-4-5-12-14(16-18-8-9-21-16)13(15(17)20)10(2)19(12)11-6-7-11/h8-9,11H,3-7H2,1-2H3,(H2,17,20). The lowest BCUT2D eigenvalue weighted by molar-refractivity contribution is 0.1000. The molecule has 0 bridgehead atoms. The van der Waals surface area contributed by atoms with Crippen LogP contribution < -0.4 is 5.73 Å². The molecule has 1 saturated carbocycles. The summed E-state index contributed by atoms with van der Waals surface area (Å²) in [5.41, 5.74) is 9.59. The minimum Gasteiger partial charge on any atom is -0.366 e. The largest absolute Gasteiger partial charge is 0.366 e. The topological polar surface area (TPSA) is 60.9 Å². The van der Waals surface area contributed by atoms with Crippen molar-refractivity contribution in [3.05, 3.63) is 28.5 Å². The summed E-state index contributed by atoms with van der Waals surface area (Å²) in [7, 11) is 0. The first kappa shape index (κ1) is 14.3. The summed E-state index contributed by atoms with van der Waals surface area (Å²) in [5, 5.41) is 2.87. The number of nitrogens with two attached hydrogens (primary N) is 1. The van der Waals surface area contributed by atoms with Crippen LogP contribution >= 0.6 is 11.3 Å². The van der Waals surface area contributed by atoms with Gasteiger partial charge in [-0.05, 0) is 32.6 Å². The van der Waals surface area contributed by atoms with Crippen molar-refractivity contribution in [3.63, 3.8) is 0 Å². The van der Waals surface area contributed by atoms with Gasteiger partial charge in [0.05, 0.1) is 5.56 Å². The van der Waals surface area contributed by atoms with E-state index in [9.17, 15) is 4.79 Å². The minimum atomic E-state index is -0.338.